The van der Waals surface area contributed by atoms with Crippen LogP contribution in [0.25, 0.3) is 0 Å². The number of anilines is 3. The van der Waals surface area contributed by atoms with Gasteiger partial charge in [-0.15, -0.1) is 0 Å². The summed E-state index contributed by atoms with van der Waals surface area (Å²) >= 11 is 0. The molecule has 1 aromatic carbocycles. The van der Waals surface area contributed by atoms with Crippen LogP contribution in [0.2, 0.25) is 0 Å². The van der Waals surface area contributed by atoms with Gasteiger partial charge in [-0.3, -0.25) is 14.6 Å². The van der Waals surface area contributed by atoms with Gasteiger partial charge in [-0.2, -0.15) is 0 Å². The molecule has 0 atom stereocenters. The molecule has 0 unspecified atom stereocenters. The first-order valence-electron chi connectivity index (χ1n) is 9.67. The van der Waals surface area contributed by atoms with Gasteiger partial charge in [0.25, 0.3) is 5.91 Å². The smallest absolute Gasteiger partial charge is 0.269 e. The van der Waals surface area contributed by atoms with Gasteiger partial charge in [0.05, 0.1) is 0 Å². The topological polar surface area (TPSA) is 83.1 Å². The molecule has 0 bridgehead atoms. The summed E-state index contributed by atoms with van der Waals surface area (Å²) in [4.78, 5) is 27.8. The van der Waals surface area contributed by atoms with Crippen molar-refractivity contribution < 1.29 is 9.59 Å². The minimum Gasteiger partial charge on any atom is -0.355 e. The van der Waals surface area contributed by atoms with Crippen LogP contribution >= 0.6 is 0 Å². The molecule has 2 aromatic rings. The summed E-state index contributed by atoms with van der Waals surface area (Å²) in [5, 5.41) is 8.94. The maximum Gasteiger partial charge on any atom is 0.269 e. The number of pyridine rings is 1. The van der Waals surface area contributed by atoms with Gasteiger partial charge in [-0.05, 0) is 62.4 Å². The largest absolute Gasteiger partial charge is 0.355 e. The predicted octanol–water partition coefficient (Wildman–Crippen LogP) is 4.40. The quantitative estimate of drug-likeness (QED) is 0.624. The number of aromatic nitrogens is 1. The van der Waals surface area contributed by atoms with Crippen molar-refractivity contribution in [1.82, 2.24) is 10.3 Å². The number of carbonyl (C=O) groups excluding carboxylic acids is 2. The molecule has 0 saturated heterocycles. The summed E-state index contributed by atoms with van der Waals surface area (Å²) in [5.74, 6) is -0.295. The Kier molecular flexibility index (Phi) is 6.78. The fourth-order valence-corrected chi connectivity index (χ4v) is 3.24. The molecule has 6 heteroatoms. The van der Waals surface area contributed by atoms with Crippen LogP contribution in [-0.4, -0.2) is 23.3 Å². The lowest BCUT2D eigenvalue weighted by molar-refractivity contribution is -0.114. The van der Waals surface area contributed by atoms with E-state index in [1.54, 1.807) is 18.3 Å². The van der Waals surface area contributed by atoms with Crippen LogP contribution in [0.4, 0.5) is 17.1 Å². The maximum atomic E-state index is 12.4. The zero-order valence-corrected chi connectivity index (χ0v) is 16.1. The van der Waals surface area contributed by atoms with Crippen molar-refractivity contribution in [3.8, 4) is 0 Å². The highest BCUT2D eigenvalue weighted by Crippen LogP contribution is 2.21. The molecule has 0 aliphatic heterocycles. The first kappa shape index (κ1) is 19.6. The minimum absolute atomic E-state index is 0.121. The fourth-order valence-electron chi connectivity index (χ4n) is 3.24. The van der Waals surface area contributed by atoms with Crippen molar-refractivity contribution in [2.45, 2.75) is 39.0 Å². The summed E-state index contributed by atoms with van der Waals surface area (Å²) in [6.07, 6.45) is 9.63. The van der Waals surface area contributed by atoms with Gasteiger partial charge in [-0.1, -0.05) is 17.7 Å². The summed E-state index contributed by atoms with van der Waals surface area (Å²) in [6.45, 7) is 2.10. The third-order valence-corrected chi connectivity index (χ3v) is 4.58. The summed E-state index contributed by atoms with van der Waals surface area (Å²) < 4.78 is 0. The molecule has 0 spiro atoms. The van der Waals surface area contributed by atoms with E-state index >= 15 is 0 Å². The summed E-state index contributed by atoms with van der Waals surface area (Å²) in [7, 11) is 0. The average molecular weight is 378 g/mol. The van der Waals surface area contributed by atoms with Gasteiger partial charge < -0.3 is 16.0 Å². The zero-order chi connectivity index (χ0) is 19.8. The van der Waals surface area contributed by atoms with E-state index in [0.717, 1.165) is 30.6 Å². The molecule has 1 aliphatic carbocycles. The molecule has 3 N–H and O–H groups in total. The summed E-state index contributed by atoms with van der Waals surface area (Å²) in [5.41, 5.74) is 4.10. The van der Waals surface area contributed by atoms with E-state index in [1.807, 2.05) is 24.3 Å². The first-order valence-corrected chi connectivity index (χ1v) is 9.67. The van der Waals surface area contributed by atoms with Crippen LogP contribution in [-0.2, 0) is 4.79 Å². The highest BCUT2D eigenvalue weighted by atomic mass is 16.2. The van der Waals surface area contributed by atoms with Gasteiger partial charge in [0.1, 0.15) is 5.69 Å². The van der Waals surface area contributed by atoms with Crippen LogP contribution in [0.5, 0.6) is 0 Å². The van der Waals surface area contributed by atoms with Crippen LogP contribution in [0.1, 0.15) is 49.5 Å². The Hall–Kier alpha value is -3.15. The van der Waals surface area contributed by atoms with Crippen molar-refractivity contribution in [1.29, 1.82) is 0 Å². The number of allylic oxidation sites excluding steroid dienone is 1. The predicted molar refractivity (Wildman–Crippen MR) is 112 cm³/mol. The van der Waals surface area contributed by atoms with E-state index in [-0.39, 0.29) is 11.8 Å². The molecule has 0 saturated carbocycles. The third-order valence-electron chi connectivity index (χ3n) is 4.58. The second-order valence-electron chi connectivity index (χ2n) is 6.93. The highest BCUT2D eigenvalue weighted by molar-refractivity contribution is 5.93. The Morgan fingerprint density at radius 3 is 2.68 bits per heavy atom. The second kappa shape index (κ2) is 9.69. The molecule has 146 valence electrons. The van der Waals surface area contributed by atoms with Gasteiger partial charge in [0.15, 0.2) is 0 Å². The van der Waals surface area contributed by atoms with Gasteiger partial charge >= 0.3 is 0 Å². The second-order valence-corrected chi connectivity index (χ2v) is 6.93. The van der Waals surface area contributed by atoms with Gasteiger partial charge in [0, 0.05) is 36.7 Å². The van der Waals surface area contributed by atoms with Crippen molar-refractivity contribution in [2.75, 3.05) is 17.2 Å². The SMILES string of the molecule is CC(=O)Nc1cccc(Nc2ccnc(C(=O)NCCC3=CCCCC3)c2)c1. The number of rotatable bonds is 7. The number of amides is 2. The third kappa shape index (κ3) is 5.94. The number of carbonyl (C=O) groups is 2. The van der Waals surface area contributed by atoms with Crippen LogP contribution in [0, 0.1) is 0 Å². The fraction of sp³-hybridized carbons (Fsp3) is 0.318. The van der Waals surface area contributed by atoms with Gasteiger partial charge in [-0.25, -0.2) is 0 Å². The highest BCUT2D eigenvalue weighted by Gasteiger charge is 2.09. The lowest BCUT2D eigenvalue weighted by Crippen LogP contribution is -2.25. The first-order chi connectivity index (χ1) is 13.6. The molecule has 3 rings (SSSR count). The van der Waals surface area contributed by atoms with E-state index in [2.05, 4.69) is 27.0 Å². The molecule has 1 aromatic heterocycles. The Morgan fingerprint density at radius 1 is 1.07 bits per heavy atom. The number of benzene rings is 1. The number of nitrogens with one attached hydrogen (secondary N) is 3. The molecule has 1 aliphatic rings. The van der Waals surface area contributed by atoms with Crippen molar-refractivity contribution in [2.24, 2.45) is 0 Å². The molecule has 0 fully saturated rings. The van der Waals surface area contributed by atoms with Crippen LogP contribution in [0.15, 0.2) is 54.2 Å². The van der Waals surface area contributed by atoms with Crippen molar-refractivity contribution >= 4 is 28.9 Å². The standard InChI is InChI=1S/C22H26N4O2/c1-16(27)25-18-8-5-9-19(14-18)26-20-11-13-23-21(15-20)22(28)24-12-10-17-6-3-2-4-7-17/h5-6,8-9,11,13-15H,2-4,7,10,12H2,1H3,(H,23,26)(H,24,28)(H,25,27). The average Bonchev–Trinajstić information content (AvgIpc) is 2.69. The zero-order valence-electron chi connectivity index (χ0n) is 16.1. The Morgan fingerprint density at radius 2 is 1.89 bits per heavy atom. The van der Waals surface area contributed by atoms with Crippen LogP contribution in [0.3, 0.4) is 0 Å². The summed E-state index contributed by atoms with van der Waals surface area (Å²) in [6, 6.07) is 10.9. The normalized spacial score (nSPS) is 13.4. The Bertz CT molecular complexity index is 876. The van der Waals surface area contributed by atoms with E-state index in [4.69, 9.17) is 0 Å². The number of nitrogens with zero attached hydrogens (tertiary/aromatic N) is 1. The van der Waals surface area contributed by atoms with Gasteiger partial charge in [0.2, 0.25) is 5.91 Å². The number of hydrogen-bond donors (Lipinski definition) is 3. The van der Waals surface area contributed by atoms with E-state index in [0.29, 0.717) is 17.9 Å². The molecular formula is C22H26N4O2. The lowest BCUT2D eigenvalue weighted by atomic mass is 9.97. The lowest BCUT2D eigenvalue weighted by Gasteiger charge is -2.13. The molecule has 2 amide bonds. The van der Waals surface area contributed by atoms with E-state index in [9.17, 15) is 9.59 Å². The molecular weight excluding hydrogens is 352 g/mol. The monoisotopic (exact) mass is 378 g/mol. The number of hydrogen-bond acceptors (Lipinski definition) is 4. The Labute approximate surface area is 165 Å². The minimum atomic E-state index is -0.174. The molecule has 6 nitrogen and oxygen atoms in total. The molecule has 1 heterocycles. The van der Waals surface area contributed by atoms with E-state index < -0.39 is 0 Å². The maximum absolute atomic E-state index is 12.4. The molecule has 0 radical (unpaired) electrons. The van der Waals surface area contributed by atoms with Crippen molar-refractivity contribution in [3.05, 3.63) is 59.9 Å². The molecule has 28 heavy (non-hydrogen) atoms. The van der Waals surface area contributed by atoms with E-state index in [1.165, 1.54) is 25.3 Å². The van der Waals surface area contributed by atoms with Crippen molar-refractivity contribution in [3.63, 3.8) is 0 Å². The van der Waals surface area contributed by atoms with Crippen LogP contribution < -0.4 is 16.0 Å². The Balaban J connectivity index is 1.58.